The first-order valence-corrected chi connectivity index (χ1v) is 2.00. The van der Waals surface area contributed by atoms with Gasteiger partial charge >= 0.3 is 6.03 Å². The second-order valence-corrected chi connectivity index (χ2v) is 0.979. The van der Waals surface area contributed by atoms with Crippen LogP contribution >= 0.6 is 0 Å². The van der Waals surface area contributed by atoms with Crippen LogP contribution in [0.1, 0.15) is 0 Å². The third-order valence-corrected chi connectivity index (χ3v) is 0.435. The number of carbonyl (C=O) groups excluding carboxylic acids is 3. The Balaban J connectivity index is 3.26. The molecule has 0 saturated heterocycles. The van der Waals surface area contributed by atoms with E-state index in [1.54, 1.807) is 5.32 Å². The number of urea groups is 1. The smallest absolute Gasteiger partial charge is 0.279 e. The molecule has 3 N–H and O–H groups in total. The molecule has 0 unspecified atom stereocenters. The van der Waals surface area contributed by atoms with Crippen LogP contribution < -0.4 is 16.2 Å². The summed E-state index contributed by atoms with van der Waals surface area (Å²) in [6, 6.07) is -0.780. The van der Waals surface area contributed by atoms with Gasteiger partial charge in [-0.25, -0.2) is 10.2 Å². The summed E-state index contributed by atoms with van der Waals surface area (Å²) in [6.07, 6.45) is 0.464. The van der Waals surface area contributed by atoms with Crippen LogP contribution in [0.5, 0.6) is 0 Å². The van der Waals surface area contributed by atoms with Crippen LogP contribution in [0.2, 0.25) is 0 Å². The molecule has 4 amide bonds. The molecule has 0 bridgehead atoms. The Kier molecular flexibility index (Phi) is 3.76. The van der Waals surface area contributed by atoms with Gasteiger partial charge in [0, 0.05) is 0 Å². The summed E-state index contributed by atoms with van der Waals surface area (Å²) < 4.78 is 0. The number of amides is 4. The Morgan fingerprint density at radius 1 is 1.22 bits per heavy atom. The lowest BCUT2D eigenvalue weighted by Crippen LogP contribution is -2.42. The Bertz CT molecular complexity index is 123. The average Bonchev–Trinajstić information content (AvgIpc) is 1.85. The fourth-order valence-electron chi connectivity index (χ4n) is 0.185. The molecule has 0 fully saturated rings. The molecule has 0 aliphatic rings. The van der Waals surface area contributed by atoms with Gasteiger partial charge in [-0.3, -0.25) is 20.3 Å². The number of hydrazine groups is 1. The molecule has 0 rings (SSSR count). The average molecular weight is 131 g/mol. The van der Waals surface area contributed by atoms with E-state index in [0.29, 0.717) is 0 Å². The third kappa shape index (κ3) is 4.26. The van der Waals surface area contributed by atoms with Crippen molar-refractivity contribution in [3.05, 3.63) is 0 Å². The first kappa shape index (κ1) is 7.41. The quantitative estimate of drug-likeness (QED) is 0.309. The summed E-state index contributed by atoms with van der Waals surface area (Å²) in [6.45, 7) is 0. The van der Waals surface area contributed by atoms with Gasteiger partial charge in [0.05, 0.1) is 0 Å². The van der Waals surface area contributed by atoms with Crippen LogP contribution in [0.3, 0.4) is 0 Å². The molecule has 50 valence electrons. The van der Waals surface area contributed by atoms with Crippen LogP contribution in [0.4, 0.5) is 4.79 Å². The molecule has 0 spiro atoms. The molecule has 0 aliphatic carbocycles. The van der Waals surface area contributed by atoms with Crippen LogP contribution in [-0.2, 0) is 9.59 Å². The highest BCUT2D eigenvalue weighted by molar-refractivity contribution is 5.84. The summed E-state index contributed by atoms with van der Waals surface area (Å²) in [5.41, 5.74) is 3.67. The van der Waals surface area contributed by atoms with Gasteiger partial charge in [0.2, 0.25) is 12.8 Å². The zero-order valence-corrected chi connectivity index (χ0v) is 4.38. The largest absolute Gasteiger partial charge is 0.339 e. The first-order chi connectivity index (χ1) is 4.31. The monoisotopic (exact) mass is 131 g/mol. The lowest BCUT2D eigenvalue weighted by Gasteiger charge is -1.97. The second kappa shape index (κ2) is 4.57. The van der Waals surface area contributed by atoms with E-state index in [1.807, 2.05) is 10.9 Å². The molecule has 0 aromatic heterocycles. The molecule has 0 atom stereocenters. The normalized spacial score (nSPS) is 7.11. The van der Waals surface area contributed by atoms with E-state index in [4.69, 9.17) is 0 Å². The Hall–Kier alpha value is -1.59. The molecular formula is C3H5N3O3. The lowest BCUT2D eigenvalue weighted by atomic mass is 11.0. The number of rotatable bonds is 3. The minimum Gasteiger partial charge on any atom is -0.279 e. The molecule has 6 heteroatoms. The molecule has 6 nitrogen and oxygen atoms in total. The molecule has 0 aromatic carbocycles. The molecular weight excluding hydrogens is 126 g/mol. The van der Waals surface area contributed by atoms with E-state index in [9.17, 15) is 14.4 Å². The van der Waals surface area contributed by atoms with E-state index in [1.165, 1.54) is 0 Å². The Morgan fingerprint density at radius 3 is 2.33 bits per heavy atom. The predicted molar refractivity (Wildman–Crippen MR) is 26.9 cm³/mol. The van der Waals surface area contributed by atoms with Crippen molar-refractivity contribution in [2.45, 2.75) is 0 Å². The highest BCUT2D eigenvalue weighted by atomic mass is 16.2. The highest BCUT2D eigenvalue weighted by Crippen LogP contribution is 1.51. The first-order valence-electron chi connectivity index (χ1n) is 2.00. The van der Waals surface area contributed by atoms with Gasteiger partial charge < -0.3 is 0 Å². The van der Waals surface area contributed by atoms with Crippen LogP contribution in [0.25, 0.3) is 0 Å². The molecule has 9 heavy (non-hydrogen) atoms. The summed E-state index contributed by atoms with van der Waals surface area (Å²) in [5.74, 6) is 0. The van der Waals surface area contributed by atoms with E-state index >= 15 is 0 Å². The summed E-state index contributed by atoms with van der Waals surface area (Å²) in [7, 11) is 0. The maximum Gasteiger partial charge on any atom is 0.339 e. The number of hydrogen-bond acceptors (Lipinski definition) is 3. The van der Waals surface area contributed by atoms with Gasteiger partial charge in [-0.15, -0.1) is 0 Å². The molecule has 0 heterocycles. The van der Waals surface area contributed by atoms with E-state index in [0.717, 1.165) is 0 Å². The van der Waals surface area contributed by atoms with Crippen molar-refractivity contribution in [1.82, 2.24) is 16.2 Å². The SMILES string of the molecule is O=CNNC(=O)NC=O. The van der Waals surface area contributed by atoms with Crippen molar-refractivity contribution < 1.29 is 14.4 Å². The van der Waals surface area contributed by atoms with Crippen molar-refractivity contribution in [1.29, 1.82) is 0 Å². The zero-order valence-electron chi connectivity index (χ0n) is 4.38. The summed E-state index contributed by atoms with van der Waals surface area (Å²) in [5, 5.41) is 1.73. The number of nitrogens with one attached hydrogen (secondary N) is 3. The van der Waals surface area contributed by atoms with Crippen LogP contribution in [-0.4, -0.2) is 18.9 Å². The molecule has 0 aliphatic heterocycles. The maximum atomic E-state index is 10.1. The highest BCUT2D eigenvalue weighted by Gasteiger charge is 1.91. The molecule has 0 saturated carbocycles. The fourth-order valence-corrected chi connectivity index (χ4v) is 0.185. The maximum absolute atomic E-state index is 10.1. The summed E-state index contributed by atoms with van der Waals surface area (Å²) >= 11 is 0. The lowest BCUT2D eigenvalue weighted by molar-refractivity contribution is -0.111. The number of imide groups is 1. The van der Waals surface area contributed by atoms with Crippen molar-refractivity contribution >= 4 is 18.9 Å². The van der Waals surface area contributed by atoms with Gasteiger partial charge in [-0.05, 0) is 0 Å². The topological polar surface area (TPSA) is 87.3 Å². The van der Waals surface area contributed by atoms with E-state index in [2.05, 4.69) is 0 Å². The van der Waals surface area contributed by atoms with Crippen molar-refractivity contribution in [2.75, 3.05) is 0 Å². The second-order valence-electron chi connectivity index (χ2n) is 0.979. The van der Waals surface area contributed by atoms with Gasteiger partial charge in [0.1, 0.15) is 0 Å². The fraction of sp³-hybridized carbons (Fsp3) is 0. The van der Waals surface area contributed by atoms with Gasteiger partial charge in [-0.2, -0.15) is 0 Å². The van der Waals surface area contributed by atoms with Crippen molar-refractivity contribution in [3.8, 4) is 0 Å². The van der Waals surface area contributed by atoms with Gasteiger partial charge in [0.25, 0.3) is 0 Å². The number of hydrogen-bond donors (Lipinski definition) is 3. The standard InChI is InChI=1S/C3H5N3O3/c7-1-4-3(9)6-5-2-8/h1-2H,(H,5,8)(H2,4,6,7,9). The van der Waals surface area contributed by atoms with E-state index < -0.39 is 6.03 Å². The van der Waals surface area contributed by atoms with Crippen molar-refractivity contribution in [3.63, 3.8) is 0 Å². The van der Waals surface area contributed by atoms with Crippen molar-refractivity contribution in [2.24, 2.45) is 0 Å². The third-order valence-electron chi connectivity index (χ3n) is 0.435. The molecule has 0 aromatic rings. The molecule has 0 radical (unpaired) electrons. The predicted octanol–water partition coefficient (Wildman–Crippen LogP) is -1.90. The van der Waals surface area contributed by atoms with Gasteiger partial charge in [0.15, 0.2) is 0 Å². The zero-order chi connectivity index (χ0) is 7.11. The van der Waals surface area contributed by atoms with E-state index in [-0.39, 0.29) is 12.8 Å². The van der Waals surface area contributed by atoms with Crippen LogP contribution in [0, 0.1) is 0 Å². The number of carbonyl (C=O) groups is 3. The van der Waals surface area contributed by atoms with Crippen LogP contribution in [0.15, 0.2) is 0 Å². The van der Waals surface area contributed by atoms with Gasteiger partial charge in [-0.1, -0.05) is 0 Å². The Labute approximate surface area is 50.6 Å². The summed E-state index contributed by atoms with van der Waals surface area (Å²) in [4.78, 5) is 29.1. The minimum atomic E-state index is -0.780. The Morgan fingerprint density at radius 2 is 1.89 bits per heavy atom. The minimum absolute atomic E-state index is 0.196.